The van der Waals surface area contributed by atoms with E-state index in [4.69, 9.17) is 13.8 Å². The Hall–Kier alpha value is -1.92. The van der Waals surface area contributed by atoms with E-state index in [-0.39, 0.29) is 48.7 Å². The number of aryl methyl sites for hydroxylation is 1. The summed E-state index contributed by atoms with van der Waals surface area (Å²) >= 11 is 0. The van der Waals surface area contributed by atoms with E-state index in [0.29, 0.717) is 24.8 Å². The third-order valence-electron chi connectivity index (χ3n) is 8.83. The molecular weight excluding hydrogens is 551 g/mol. The number of aromatic hydroxyl groups is 1. The van der Waals surface area contributed by atoms with Crippen LogP contribution >= 0.6 is 7.82 Å². The number of rotatable bonds is 15. The maximum absolute atomic E-state index is 14.1. The van der Waals surface area contributed by atoms with Crippen LogP contribution in [0.3, 0.4) is 0 Å². The van der Waals surface area contributed by atoms with Gasteiger partial charge in [-0.25, -0.2) is 9.36 Å². The van der Waals surface area contributed by atoms with Crippen LogP contribution in [-0.2, 0) is 24.8 Å². The predicted molar refractivity (Wildman–Crippen MR) is 168 cm³/mol. The molecule has 0 saturated heterocycles. The Kier molecular flexibility index (Phi) is 12.9. The molecular formula is C34H53O7P. The Morgan fingerprint density at radius 2 is 1.79 bits per heavy atom. The standard InChI is InChI=1S/C34H53O7P/c1-7-13-26(14-8-2)23-39-42(37,38)41-34(18-11-10-12-19-34)33(36)40-31-22-27(15-9-3)21-30(35)32(31)29-20-25(6)16-17-28(29)24(4)5/h20-22,26,28-29,35H,4,7-19,23H2,1-3,5-6H3,(H,37,38)/t28-,29+/m0/s1. The van der Waals surface area contributed by atoms with Crippen molar-refractivity contribution < 1.29 is 33.1 Å². The molecule has 1 fully saturated rings. The van der Waals surface area contributed by atoms with Gasteiger partial charge in [-0.3, -0.25) is 9.05 Å². The maximum atomic E-state index is 14.1. The first-order chi connectivity index (χ1) is 19.9. The van der Waals surface area contributed by atoms with Crippen molar-refractivity contribution in [2.75, 3.05) is 6.61 Å². The summed E-state index contributed by atoms with van der Waals surface area (Å²) in [6.45, 7) is 14.6. The van der Waals surface area contributed by atoms with Crippen molar-refractivity contribution in [2.45, 2.75) is 130 Å². The number of carbonyl (C=O) groups excluding carboxylic acids is 1. The number of phosphoric ester groups is 1. The molecule has 0 bridgehead atoms. The van der Waals surface area contributed by atoms with Gasteiger partial charge in [-0.15, -0.1) is 0 Å². The quantitative estimate of drug-likeness (QED) is 0.0890. The molecule has 3 atom stereocenters. The van der Waals surface area contributed by atoms with Gasteiger partial charge in [0.2, 0.25) is 0 Å². The Bertz CT molecular complexity index is 1140. The molecule has 0 heterocycles. The molecule has 236 valence electrons. The number of carbonyl (C=O) groups is 1. The fourth-order valence-corrected chi connectivity index (χ4v) is 7.80. The maximum Gasteiger partial charge on any atom is 0.473 e. The molecule has 1 saturated carbocycles. The number of esters is 1. The smallest absolute Gasteiger partial charge is 0.473 e. The summed E-state index contributed by atoms with van der Waals surface area (Å²) in [5.41, 5.74) is 2.02. The van der Waals surface area contributed by atoms with Crippen molar-refractivity contribution >= 4 is 13.8 Å². The van der Waals surface area contributed by atoms with E-state index in [9.17, 15) is 19.4 Å². The van der Waals surface area contributed by atoms with Crippen LogP contribution in [0.1, 0.15) is 129 Å². The second-order valence-corrected chi connectivity index (χ2v) is 13.9. The van der Waals surface area contributed by atoms with Crippen molar-refractivity contribution in [1.82, 2.24) is 0 Å². The van der Waals surface area contributed by atoms with Crippen LogP contribution in [0.2, 0.25) is 0 Å². The largest absolute Gasteiger partial charge is 0.507 e. The van der Waals surface area contributed by atoms with Gasteiger partial charge in [0.1, 0.15) is 11.5 Å². The molecule has 2 aliphatic carbocycles. The van der Waals surface area contributed by atoms with Crippen LogP contribution in [0, 0.1) is 11.8 Å². The lowest BCUT2D eigenvalue weighted by molar-refractivity contribution is -0.157. The normalized spacial score (nSPS) is 21.9. The molecule has 0 amide bonds. The number of ether oxygens (including phenoxy) is 1. The van der Waals surface area contributed by atoms with Gasteiger partial charge in [0.15, 0.2) is 5.60 Å². The minimum Gasteiger partial charge on any atom is -0.507 e. The summed E-state index contributed by atoms with van der Waals surface area (Å²) in [5, 5.41) is 11.3. The zero-order chi connectivity index (χ0) is 30.9. The minimum absolute atomic E-state index is 0.0821. The minimum atomic E-state index is -4.56. The lowest BCUT2D eigenvalue weighted by Crippen LogP contribution is -2.45. The highest BCUT2D eigenvalue weighted by Crippen LogP contribution is 2.53. The van der Waals surface area contributed by atoms with Crippen molar-refractivity contribution in [3.8, 4) is 11.5 Å². The van der Waals surface area contributed by atoms with Gasteiger partial charge in [-0.2, -0.15) is 0 Å². The highest BCUT2D eigenvalue weighted by Gasteiger charge is 2.49. The first-order valence-electron chi connectivity index (χ1n) is 16.0. The molecule has 1 aromatic rings. The van der Waals surface area contributed by atoms with Crippen molar-refractivity contribution in [2.24, 2.45) is 11.8 Å². The molecule has 3 rings (SSSR count). The highest BCUT2D eigenvalue weighted by molar-refractivity contribution is 7.47. The first kappa shape index (κ1) is 34.6. The number of allylic oxidation sites excluding steroid dienone is 3. The van der Waals surface area contributed by atoms with E-state index in [0.717, 1.165) is 62.5 Å². The van der Waals surface area contributed by atoms with Gasteiger partial charge in [-0.05, 0) is 101 Å². The van der Waals surface area contributed by atoms with E-state index in [1.54, 1.807) is 6.07 Å². The Morgan fingerprint density at radius 3 is 2.38 bits per heavy atom. The van der Waals surface area contributed by atoms with E-state index in [1.807, 2.05) is 13.0 Å². The zero-order valence-corrected chi connectivity index (χ0v) is 27.3. The fraction of sp³-hybridized carbons (Fsp3) is 0.676. The average molecular weight is 605 g/mol. The molecule has 1 unspecified atom stereocenters. The molecule has 7 nitrogen and oxygen atoms in total. The molecule has 2 N–H and O–H groups in total. The van der Waals surface area contributed by atoms with Gasteiger partial charge < -0.3 is 14.7 Å². The van der Waals surface area contributed by atoms with Crippen LogP contribution in [-0.4, -0.2) is 28.2 Å². The highest BCUT2D eigenvalue weighted by atomic mass is 31.2. The SMILES string of the molecule is C=C(C)[C@@H]1CCC(C)=C[C@H]1c1c(O)cc(CCC)cc1OC(=O)C1(OP(=O)(O)OCC(CCC)CCC)CCCCC1. The molecule has 1 aromatic carbocycles. The Morgan fingerprint density at radius 1 is 1.12 bits per heavy atom. The molecule has 42 heavy (non-hydrogen) atoms. The van der Waals surface area contributed by atoms with E-state index >= 15 is 0 Å². The van der Waals surface area contributed by atoms with Gasteiger partial charge in [0, 0.05) is 11.5 Å². The Labute approximate surface area is 253 Å². The lowest BCUT2D eigenvalue weighted by atomic mass is 9.73. The average Bonchev–Trinajstić information content (AvgIpc) is 2.92. The first-order valence-corrected chi connectivity index (χ1v) is 17.5. The predicted octanol–water partition coefficient (Wildman–Crippen LogP) is 9.32. The van der Waals surface area contributed by atoms with Gasteiger partial charge in [-0.1, -0.05) is 70.3 Å². The Balaban J connectivity index is 1.97. The molecule has 8 heteroatoms. The number of phenolic OH excluding ortho intramolecular Hbond substituents is 1. The summed E-state index contributed by atoms with van der Waals surface area (Å²) in [7, 11) is -4.56. The van der Waals surface area contributed by atoms with Crippen LogP contribution in [0.4, 0.5) is 0 Å². The summed E-state index contributed by atoms with van der Waals surface area (Å²) < 4.78 is 30.7. The summed E-state index contributed by atoms with van der Waals surface area (Å²) in [5.74, 6) is -0.328. The van der Waals surface area contributed by atoms with E-state index < -0.39 is 19.4 Å². The molecule has 0 aromatic heterocycles. The fourth-order valence-electron chi connectivity index (χ4n) is 6.65. The topological polar surface area (TPSA) is 102 Å². The number of benzene rings is 1. The van der Waals surface area contributed by atoms with Gasteiger partial charge >= 0.3 is 13.8 Å². The molecule has 0 aliphatic heterocycles. The second kappa shape index (κ2) is 15.7. The van der Waals surface area contributed by atoms with Crippen LogP contribution < -0.4 is 4.74 Å². The molecule has 0 spiro atoms. The van der Waals surface area contributed by atoms with Crippen LogP contribution in [0.5, 0.6) is 11.5 Å². The van der Waals surface area contributed by atoms with Crippen molar-refractivity contribution in [1.29, 1.82) is 0 Å². The van der Waals surface area contributed by atoms with Crippen molar-refractivity contribution in [3.63, 3.8) is 0 Å². The van der Waals surface area contributed by atoms with Crippen LogP contribution in [0.25, 0.3) is 0 Å². The van der Waals surface area contributed by atoms with Gasteiger partial charge in [0.05, 0.1) is 6.61 Å². The molecule has 0 radical (unpaired) electrons. The van der Waals surface area contributed by atoms with Crippen LogP contribution in [0.15, 0.2) is 35.9 Å². The zero-order valence-electron chi connectivity index (χ0n) is 26.5. The monoisotopic (exact) mass is 604 g/mol. The summed E-state index contributed by atoms with van der Waals surface area (Å²) in [6.07, 6.45) is 12.0. The van der Waals surface area contributed by atoms with E-state index in [1.165, 1.54) is 5.57 Å². The number of hydrogen-bond donors (Lipinski definition) is 2. The van der Waals surface area contributed by atoms with Crippen molar-refractivity contribution in [3.05, 3.63) is 47.1 Å². The number of phenols is 1. The molecule has 2 aliphatic rings. The van der Waals surface area contributed by atoms with Gasteiger partial charge in [0.25, 0.3) is 0 Å². The summed E-state index contributed by atoms with van der Waals surface area (Å²) in [6, 6.07) is 3.59. The van der Waals surface area contributed by atoms with E-state index in [2.05, 4.69) is 40.3 Å². The summed E-state index contributed by atoms with van der Waals surface area (Å²) in [4.78, 5) is 24.9. The second-order valence-electron chi connectivity index (χ2n) is 12.6. The third kappa shape index (κ3) is 9.05. The number of hydrogen-bond acceptors (Lipinski definition) is 6. The number of phosphoric acid groups is 1. The third-order valence-corrected chi connectivity index (χ3v) is 9.88. The lowest BCUT2D eigenvalue weighted by Gasteiger charge is -2.36.